The van der Waals surface area contributed by atoms with Gasteiger partial charge < -0.3 is 30.5 Å². The zero-order chi connectivity index (χ0) is 38.2. The second-order valence-electron chi connectivity index (χ2n) is 14.0. The minimum absolute atomic E-state index is 0.0247. The number of rotatable bonds is 20. The number of carbonyl (C=O) groups is 7. The Balaban J connectivity index is 1.70. The van der Waals surface area contributed by atoms with Crippen LogP contribution in [-0.2, 0) is 40.1 Å². The molecule has 1 aromatic carbocycles. The van der Waals surface area contributed by atoms with E-state index in [1.165, 1.54) is 9.80 Å². The third-order valence-electron chi connectivity index (χ3n) is 9.15. The highest BCUT2D eigenvalue weighted by Crippen LogP contribution is 2.26. The molecule has 0 bridgehead atoms. The van der Waals surface area contributed by atoms with Gasteiger partial charge in [-0.2, -0.15) is 0 Å². The summed E-state index contributed by atoms with van der Waals surface area (Å²) in [5.74, 6) is -1.87. The molecule has 51 heavy (non-hydrogen) atoms. The van der Waals surface area contributed by atoms with Crippen LogP contribution in [-0.4, -0.2) is 103 Å². The lowest BCUT2D eigenvalue weighted by molar-refractivity contribution is -0.140. The maximum Gasteiger partial charge on any atom is 0.409 e. The summed E-state index contributed by atoms with van der Waals surface area (Å²) in [7, 11) is 3.32. The minimum atomic E-state index is -0.827. The summed E-state index contributed by atoms with van der Waals surface area (Å²) >= 11 is 0. The van der Waals surface area contributed by atoms with E-state index < -0.39 is 23.9 Å². The molecule has 3 N–H and O–H groups in total. The van der Waals surface area contributed by atoms with Crippen LogP contribution in [0.4, 0.5) is 10.5 Å². The highest BCUT2D eigenvalue weighted by Gasteiger charge is 2.39. The normalized spacial score (nSPS) is 15.4. The minimum Gasteiger partial charge on any atom is -0.445 e. The fraction of sp³-hybridized carbons (Fsp3) is 0.649. The van der Waals surface area contributed by atoms with Gasteiger partial charge in [0.2, 0.25) is 35.4 Å². The molecule has 1 heterocycles. The molecule has 284 valence electrons. The molecule has 0 aliphatic carbocycles. The van der Waals surface area contributed by atoms with Crippen molar-refractivity contribution in [3.63, 3.8) is 0 Å². The first-order valence-corrected chi connectivity index (χ1v) is 18.0. The second-order valence-corrected chi connectivity index (χ2v) is 14.0. The number of nitrogens with zero attached hydrogens (tertiary/aromatic N) is 3. The summed E-state index contributed by atoms with van der Waals surface area (Å²) < 4.78 is 5.37. The van der Waals surface area contributed by atoms with E-state index in [4.69, 9.17) is 4.74 Å². The summed E-state index contributed by atoms with van der Waals surface area (Å²) in [5.41, 5.74) is 1.20. The number of imide groups is 1. The maximum absolute atomic E-state index is 12.9. The Morgan fingerprint density at radius 2 is 1.55 bits per heavy atom. The fourth-order valence-corrected chi connectivity index (χ4v) is 5.45. The van der Waals surface area contributed by atoms with Crippen molar-refractivity contribution >= 4 is 47.2 Å². The van der Waals surface area contributed by atoms with Crippen LogP contribution in [0.3, 0.4) is 0 Å². The maximum atomic E-state index is 12.9. The molecular formula is C37H58N6O8. The average Bonchev–Trinajstić information content (AvgIpc) is 3.39. The smallest absolute Gasteiger partial charge is 0.409 e. The lowest BCUT2D eigenvalue weighted by atomic mass is 9.94. The number of carbonyl (C=O) groups excluding carboxylic acids is 7. The predicted molar refractivity (Wildman–Crippen MR) is 193 cm³/mol. The van der Waals surface area contributed by atoms with Gasteiger partial charge in [-0.25, -0.2) is 4.79 Å². The van der Waals surface area contributed by atoms with Crippen LogP contribution in [0, 0.1) is 23.7 Å². The van der Waals surface area contributed by atoms with Crippen LogP contribution >= 0.6 is 0 Å². The first kappa shape index (κ1) is 42.7. The van der Waals surface area contributed by atoms with Crippen molar-refractivity contribution in [3.05, 3.63) is 29.8 Å². The third kappa shape index (κ3) is 14.0. The van der Waals surface area contributed by atoms with Crippen molar-refractivity contribution in [1.82, 2.24) is 25.3 Å². The van der Waals surface area contributed by atoms with Crippen molar-refractivity contribution in [2.24, 2.45) is 23.7 Å². The first-order chi connectivity index (χ1) is 24.0. The predicted octanol–water partition coefficient (Wildman–Crippen LogP) is 3.55. The molecule has 0 saturated carbocycles. The molecule has 0 spiro atoms. The number of likely N-dealkylation sites (N-methyl/N-ethyl adjacent to an activating group) is 2. The topological polar surface area (TPSA) is 175 Å². The summed E-state index contributed by atoms with van der Waals surface area (Å²) in [5, 5.41) is 8.04. The molecule has 3 atom stereocenters. The van der Waals surface area contributed by atoms with E-state index in [-0.39, 0.29) is 73.3 Å². The summed E-state index contributed by atoms with van der Waals surface area (Å²) in [4.78, 5) is 91.6. The monoisotopic (exact) mass is 714 g/mol. The second kappa shape index (κ2) is 21.0. The number of likely N-dealkylation sites (tertiary alicyclic amines) is 1. The largest absolute Gasteiger partial charge is 0.445 e. The van der Waals surface area contributed by atoms with Crippen LogP contribution in [0.2, 0.25) is 0 Å². The van der Waals surface area contributed by atoms with Crippen LogP contribution in [0.25, 0.3) is 0 Å². The van der Waals surface area contributed by atoms with E-state index in [1.807, 2.05) is 27.7 Å². The van der Waals surface area contributed by atoms with Gasteiger partial charge in [-0.1, -0.05) is 60.1 Å². The van der Waals surface area contributed by atoms with Gasteiger partial charge in [0, 0.05) is 64.1 Å². The van der Waals surface area contributed by atoms with E-state index in [1.54, 1.807) is 57.1 Å². The van der Waals surface area contributed by atoms with Gasteiger partial charge >= 0.3 is 6.09 Å². The molecule has 2 rings (SSSR count). The third-order valence-corrected chi connectivity index (χ3v) is 9.15. The van der Waals surface area contributed by atoms with Gasteiger partial charge in [-0.15, -0.1) is 0 Å². The van der Waals surface area contributed by atoms with Gasteiger partial charge in [0.05, 0.1) is 6.54 Å². The molecule has 1 aromatic rings. The van der Waals surface area contributed by atoms with Crippen molar-refractivity contribution in [3.8, 4) is 0 Å². The number of amides is 7. The Morgan fingerprint density at radius 1 is 0.902 bits per heavy atom. The first-order valence-electron chi connectivity index (χ1n) is 18.0. The number of unbranched alkanes of at least 4 members (excludes halogenated alkanes) is 2. The van der Waals surface area contributed by atoms with Crippen LogP contribution in [0.15, 0.2) is 24.3 Å². The number of benzene rings is 1. The van der Waals surface area contributed by atoms with Crippen molar-refractivity contribution in [2.75, 3.05) is 45.6 Å². The van der Waals surface area contributed by atoms with Gasteiger partial charge in [0.1, 0.15) is 12.6 Å². The van der Waals surface area contributed by atoms with E-state index in [0.717, 1.165) is 6.42 Å². The average molecular weight is 715 g/mol. The highest BCUT2D eigenvalue weighted by molar-refractivity contribution is 6.03. The Labute approximate surface area is 302 Å². The number of ether oxygens (including phenoxy) is 1. The summed E-state index contributed by atoms with van der Waals surface area (Å²) in [6, 6.07) is 5.90. The van der Waals surface area contributed by atoms with Crippen molar-refractivity contribution in [2.45, 2.75) is 92.7 Å². The van der Waals surface area contributed by atoms with Crippen LogP contribution in [0.1, 0.15) is 85.6 Å². The van der Waals surface area contributed by atoms with Gasteiger partial charge in [0.25, 0.3) is 0 Å². The molecular weight excluding hydrogens is 656 g/mol. The van der Waals surface area contributed by atoms with Gasteiger partial charge in [-0.3, -0.25) is 33.7 Å². The van der Waals surface area contributed by atoms with E-state index in [2.05, 4.69) is 16.0 Å². The molecule has 1 aliphatic heterocycles. The van der Waals surface area contributed by atoms with Crippen LogP contribution < -0.4 is 16.0 Å². The van der Waals surface area contributed by atoms with Crippen molar-refractivity contribution in [1.29, 1.82) is 0 Å². The van der Waals surface area contributed by atoms with Crippen molar-refractivity contribution < 1.29 is 38.3 Å². The number of anilines is 1. The molecule has 3 unspecified atom stereocenters. The Hall–Kier alpha value is -4.49. The van der Waals surface area contributed by atoms with Gasteiger partial charge in [0.15, 0.2) is 0 Å². The number of hydrogen-bond donors (Lipinski definition) is 3. The zero-order valence-electron chi connectivity index (χ0n) is 31.6. The summed E-state index contributed by atoms with van der Waals surface area (Å²) in [6.07, 6.45) is 2.48. The standard InChI is InChI=1S/C37H58N6O8/c1-9-26(6)35(48)41(7)19-20-42(8)37(50)51-23-27-14-16-28(17-15-27)39-31(45)22-38-34(47)33(25(4)5)40-30(44)13-11-10-12-18-43-32(46)21-29(24(2)3)36(43)49/h14-17,24-26,29,33H,9-13,18-23H2,1-8H3,(H,38,47)(H,39,45)(H,40,44). The van der Waals surface area contributed by atoms with Gasteiger partial charge in [-0.05, 0) is 48.8 Å². The number of nitrogens with one attached hydrogen (secondary N) is 3. The molecule has 1 aliphatic rings. The SMILES string of the molecule is CCC(C)C(=O)N(C)CCN(C)C(=O)OCc1ccc(NC(=O)CNC(=O)C(NC(=O)CCCCCN2C(=O)CC(C(C)C)C2=O)C(C)C)cc1. The van der Waals surface area contributed by atoms with E-state index in [0.29, 0.717) is 50.1 Å². The summed E-state index contributed by atoms with van der Waals surface area (Å²) in [6.45, 7) is 12.1. The molecule has 1 saturated heterocycles. The van der Waals surface area contributed by atoms with E-state index >= 15 is 0 Å². The van der Waals surface area contributed by atoms with Crippen LogP contribution in [0.5, 0.6) is 0 Å². The molecule has 14 heteroatoms. The molecule has 7 amide bonds. The Kier molecular flexibility index (Phi) is 17.6. The quantitative estimate of drug-likeness (QED) is 0.136. The lowest BCUT2D eigenvalue weighted by Gasteiger charge is -2.24. The fourth-order valence-electron chi connectivity index (χ4n) is 5.45. The lowest BCUT2D eigenvalue weighted by Crippen LogP contribution is -2.51. The Morgan fingerprint density at radius 3 is 2.14 bits per heavy atom. The molecule has 1 fully saturated rings. The molecule has 0 radical (unpaired) electrons. The van der Waals surface area contributed by atoms with E-state index in [9.17, 15) is 33.6 Å². The Bertz CT molecular complexity index is 1370. The highest BCUT2D eigenvalue weighted by atomic mass is 16.6. The molecule has 14 nitrogen and oxygen atoms in total. The number of hydrogen-bond acceptors (Lipinski definition) is 8. The molecule has 0 aromatic heterocycles. The zero-order valence-corrected chi connectivity index (χ0v) is 31.6.